The maximum Gasteiger partial charge on any atom is 0.311 e. The van der Waals surface area contributed by atoms with Crippen LogP contribution in [0.1, 0.15) is 33.1 Å². The number of nitrogens with two attached hydrogens (primary N) is 1. The second-order valence-corrected chi connectivity index (χ2v) is 4.92. The fraction of sp³-hybridized carbons (Fsp3) is 0.846. The second-order valence-electron chi connectivity index (χ2n) is 4.92. The molecule has 1 amide bonds. The van der Waals surface area contributed by atoms with Crippen molar-refractivity contribution in [1.29, 1.82) is 0 Å². The number of rotatable bonds is 7. The van der Waals surface area contributed by atoms with Gasteiger partial charge in [-0.25, -0.2) is 0 Å². The zero-order valence-corrected chi connectivity index (χ0v) is 11.7. The van der Waals surface area contributed by atoms with Crippen LogP contribution in [0.4, 0.5) is 0 Å². The molecule has 1 heterocycles. The zero-order chi connectivity index (χ0) is 14.4. The molecule has 1 saturated heterocycles. The normalized spacial score (nSPS) is 24.2. The van der Waals surface area contributed by atoms with E-state index in [1.54, 1.807) is 4.90 Å². The minimum absolute atomic E-state index is 0.161. The molecule has 1 fully saturated rings. The molecule has 1 aliphatic heterocycles. The number of carboxylic acid groups (broad SMARTS) is 1. The van der Waals surface area contributed by atoms with Gasteiger partial charge in [-0.3, -0.25) is 9.59 Å². The quantitative estimate of drug-likeness (QED) is 0.702. The molecule has 3 unspecified atom stereocenters. The fourth-order valence-corrected chi connectivity index (χ4v) is 2.40. The van der Waals surface area contributed by atoms with Crippen molar-refractivity contribution in [1.82, 2.24) is 4.90 Å². The predicted octanol–water partition coefficient (Wildman–Crippen LogP) is 0.452. The highest BCUT2D eigenvalue weighted by molar-refractivity contribution is 5.83. The Kier molecular flexibility index (Phi) is 6.24. The van der Waals surface area contributed by atoms with Gasteiger partial charge in [-0.05, 0) is 13.3 Å². The number of aliphatic carboxylic acids is 1. The Bertz CT molecular complexity index is 322. The zero-order valence-electron chi connectivity index (χ0n) is 11.7. The van der Waals surface area contributed by atoms with Gasteiger partial charge in [-0.15, -0.1) is 0 Å². The van der Waals surface area contributed by atoms with Crippen LogP contribution in [0.2, 0.25) is 0 Å². The summed E-state index contributed by atoms with van der Waals surface area (Å²) < 4.78 is 5.21. The number of hydrogen-bond acceptors (Lipinski definition) is 4. The van der Waals surface area contributed by atoms with E-state index < -0.39 is 24.0 Å². The molecule has 0 radical (unpaired) electrons. The lowest BCUT2D eigenvalue weighted by Crippen LogP contribution is -2.52. The first-order chi connectivity index (χ1) is 9.02. The smallest absolute Gasteiger partial charge is 0.311 e. The van der Waals surface area contributed by atoms with Crippen LogP contribution in [0.15, 0.2) is 0 Å². The topological polar surface area (TPSA) is 92.9 Å². The van der Waals surface area contributed by atoms with E-state index in [-0.39, 0.29) is 19.1 Å². The minimum atomic E-state index is -0.920. The SMILES string of the molecule is CCCCC(N)C(=O)N(CC)C1COCC1C(=O)O. The van der Waals surface area contributed by atoms with Crippen molar-refractivity contribution < 1.29 is 19.4 Å². The van der Waals surface area contributed by atoms with E-state index in [1.807, 2.05) is 13.8 Å². The van der Waals surface area contributed by atoms with E-state index in [9.17, 15) is 9.59 Å². The molecule has 6 heteroatoms. The molecule has 1 rings (SSSR count). The monoisotopic (exact) mass is 272 g/mol. The highest BCUT2D eigenvalue weighted by Gasteiger charge is 2.40. The van der Waals surface area contributed by atoms with Crippen LogP contribution in [-0.2, 0) is 14.3 Å². The van der Waals surface area contributed by atoms with Crippen molar-refractivity contribution in [2.45, 2.75) is 45.2 Å². The minimum Gasteiger partial charge on any atom is -0.481 e. The lowest BCUT2D eigenvalue weighted by molar-refractivity contribution is -0.145. The summed E-state index contributed by atoms with van der Waals surface area (Å²) in [5.74, 6) is -1.74. The van der Waals surface area contributed by atoms with Gasteiger partial charge in [0.05, 0.1) is 25.3 Å². The first-order valence-corrected chi connectivity index (χ1v) is 6.89. The maximum absolute atomic E-state index is 12.3. The largest absolute Gasteiger partial charge is 0.481 e. The molecule has 0 spiro atoms. The van der Waals surface area contributed by atoms with Crippen LogP contribution >= 0.6 is 0 Å². The summed E-state index contributed by atoms with van der Waals surface area (Å²) in [6.07, 6.45) is 2.52. The second kappa shape index (κ2) is 7.45. The Morgan fingerprint density at radius 2 is 2.11 bits per heavy atom. The Morgan fingerprint density at radius 1 is 1.42 bits per heavy atom. The number of carboxylic acids is 1. The predicted molar refractivity (Wildman–Crippen MR) is 70.6 cm³/mol. The molecular weight excluding hydrogens is 248 g/mol. The molecule has 0 aromatic heterocycles. The fourth-order valence-electron chi connectivity index (χ4n) is 2.40. The molecular formula is C13H24N2O4. The Morgan fingerprint density at radius 3 is 2.63 bits per heavy atom. The summed E-state index contributed by atoms with van der Waals surface area (Å²) in [5, 5.41) is 9.14. The number of carbonyl (C=O) groups is 2. The van der Waals surface area contributed by atoms with Gasteiger partial charge >= 0.3 is 5.97 Å². The van der Waals surface area contributed by atoms with Gasteiger partial charge in [0.1, 0.15) is 5.92 Å². The standard InChI is InChI=1S/C13H24N2O4/c1-3-5-6-10(14)12(16)15(4-2)11-8-19-7-9(11)13(17)18/h9-11H,3-8,14H2,1-2H3,(H,17,18). The third-order valence-electron chi connectivity index (χ3n) is 3.58. The van der Waals surface area contributed by atoms with Crippen molar-refractivity contribution in [2.75, 3.05) is 19.8 Å². The van der Waals surface area contributed by atoms with Crippen LogP contribution in [-0.4, -0.2) is 53.7 Å². The number of ether oxygens (including phenoxy) is 1. The van der Waals surface area contributed by atoms with Gasteiger partial charge in [-0.2, -0.15) is 0 Å². The molecule has 19 heavy (non-hydrogen) atoms. The van der Waals surface area contributed by atoms with Gasteiger partial charge in [0, 0.05) is 6.54 Å². The average molecular weight is 272 g/mol. The number of amides is 1. The van der Waals surface area contributed by atoms with Gasteiger partial charge < -0.3 is 20.5 Å². The van der Waals surface area contributed by atoms with E-state index in [0.717, 1.165) is 12.8 Å². The van der Waals surface area contributed by atoms with Gasteiger partial charge in [0.25, 0.3) is 0 Å². The van der Waals surface area contributed by atoms with Crippen molar-refractivity contribution >= 4 is 11.9 Å². The number of carbonyl (C=O) groups excluding carboxylic acids is 1. The Labute approximate surface area is 113 Å². The summed E-state index contributed by atoms with van der Waals surface area (Å²) in [4.78, 5) is 25.0. The van der Waals surface area contributed by atoms with Crippen molar-refractivity contribution in [3.05, 3.63) is 0 Å². The van der Waals surface area contributed by atoms with E-state index in [0.29, 0.717) is 13.0 Å². The highest BCUT2D eigenvalue weighted by Crippen LogP contribution is 2.21. The third kappa shape index (κ3) is 3.91. The van der Waals surface area contributed by atoms with E-state index in [4.69, 9.17) is 15.6 Å². The van der Waals surface area contributed by atoms with Crippen LogP contribution in [0.3, 0.4) is 0 Å². The molecule has 3 N–H and O–H groups in total. The van der Waals surface area contributed by atoms with Crippen LogP contribution < -0.4 is 5.73 Å². The molecule has 6 nitrogen and oxygen atoms in total. The average Bonchev–Trinajstić information content (AvgIpc) is 2.86. The molecule has 0 aromatic rings. The third-order valence-corrected chi connectivity index (χ3v) is 3.58. The summed E-state index contributed by atoms with van der Waals surface area (Å²) in [6.45, 7) is 4.77. The highest BCUT2D eigenvalue weighted by atomic mass is 16.5. The molecule has 0 aliphatic carbocycles. The first kappa shape index (κ1) is 15.9. The maximum atomic E-state index is 12.3. The summed E-state index contributed by atoms with van der Waals surface area (Å²) in [7, 11) is 0. The lowest BCUT2D eigenvalue weighted by atomic mass is 10.0. The first-order valence-electron chi connectivity index (χ1n) is 6.89. The van der Waals surface area contributed by atoms with Gasteiger partial charge in [0.15, 0.2) is 0 Å². The Hall–Kier alpha value is -1.14. The van der Waals surface area contributed by atoms with Crippen molar-refractivity contribution in [3.8, 4) is 0 Å². The summed E-state index contributed by atoms with van der Waals surface area (Å²) in [5.41, 5.74) is 5.89. The molecule has 0 saturated carbocycles. The number of nitrogens with zero attached hydrogens (tertiary/aromatic N) is 1. The summed E-state index contributed by atoms with van der Waals surface area (Å²) >= 11 is 0. The van der Waals surface area contributed by atoms with E-state index in [2.05, 4.69) is 0 Å². The lowest BCUT2D eigenvalue weighted by Gasteiger charge is -2.31. The summed E-state index contributed by atoms with van der Waals surface area (Å²) in [6, 6.07) is -0.947. The van der Waals surface area contributed by atoms with E-state index in [1.165, 1.54) is 0 Å². The van der Waals surface area contributed by atoms with E-state index >= 15 is 0 Å². The van der Waals surface area contributed by atoms with Crippen LogP contribution in [0, 0.1) is 5.92 Å². The molecule has 3 atom stereocenters. The van der Waals surface area contributed by atoms with Crippen LogP contribution in [0.25, 0.3) is 0 Å². The van der Waals surface area contributed by atoms with Gasteiger partial charge in [-0.1, -0.05) is 19.8 Å². The molecule has 110 valence electrons. The molecule has 1 aliphatic rings. The molecule has 0 bridgehead atoms. The van der Waals surface area contributed by atoms with Crippen molar-refractivity contribution in [2.24, 2.45) is 11.7 Å². The molecule has 0 aromatic carbocycles. The van der Waals surface area contributed by atoms with Crippen LogP contribution in [0.5, 0.6) is 0 Å². The van der Waals surface area contributed by atoms with Crippen molar-refractivity contribution in [3.63, 3.8) is 0 Å². The van der Waals surface area contributed by atoms with Gasteiger partial charge in [0.2, 0.25) is 5.91 Å². The number of hydrogen-bond donors (Lipinski definition) is 2. The Balaban J connectivity index is 2.70. The number of likely N-dealkylation sites (N-methyl/N-ethyl adjacent to an activating group) is 1. The number of unbranched alkanes of at least 4 members (excludes halogenated alkanes) is 1.